The summed E-state index contributed by atoms with van der Waals surface area (Å²) in [5.74, 6) is -1.35. The van der Waals surface area contributed by atoms with E-state index in [-0.39, 0.29) is 17.0 Å². The molecule has 0 N–H and O–H groups in total. The number of halogens is 3. The van der Waals surface area contributed by atoms with Crippen molar-refractivity contribution in [1.82, 2.24) is 0 Å². The normalized spacial score (nSPS) is 14.3. The molecule has 0 unspecified atom stereocenters. The van der Waals surface area contributed by atoms with Gasteiger partial charge < -0.3 is 4.90 Å². The standard InChI is InChI=1S/C25H19F3N2O2/c1-16-11-13-17(14-12-16)21-22(29(2)19-8-4-3-5-9-19)24(32)30(23(21)31)20-10-6-7-18(15-20)25(26,27)28/h3-15H,1-2H3. The van der Waals surface area contributed by atoms with E-state index in [1.54, 1.807) is 48.3 Å². The smallest absolute Gasteiger partial charge is 0.339 e. The van der Waals surface area contributed by atoms with Crippen LogP contribution in [0.15, 0.2) is 84.6 Å². The zero-order valence-electron chi connectivity index (χ0n) is 17.4. The number of anilines is 2. The predicted octanol–water partition coefficient (Wildman–Crippen LogP) is 5.43. The van der Waals surface area contributed by atoms with E-state index >= 15 is 0 Å². The van der Waals surface area contributed by atoms with Crippen LogP contribution in [0, 0.1) is 6.92 Å². The maximum absolute atomic E-state index is 13.5. The molecule has 4 nitrogen and oxygen atoms in total. The lowest BCUT2D eigenvalue weighted by molar-refractivity contribution is -0.137. The number of alkyl halides is 3. The molecule has 0 atom stereocenters. The summed E-state index contributed by atoms with van der Waals surface area (Å²) in [5, 5.41) is 0. The van der Waals surface area contributed by atoms with Crippen LogP contribution in [0.4, 0.5) is 24.5 Å². The molecular weight excluding hydrogens is 417 g/mol. The second kappa shape index (κ2) is 8.00. The summed E-state index contributed by atoms with van der Waals surface area (Å²) < 4.78 is 39.7. The van der Waals surface area contributed by atoms with Crippen LogP contribution < -0.4 is 9.80 Å². The second-order valence-corrected chi connectivity index (χ2v) is 7.48. The van der Waals surface area contributed by atoms with Crippen LogP contribution in [0.1, 0.15) is 16.7 Å². The Balaban J connectivity index is 1.86. The number of para-hydroxylation sites is 1. The average molecular weight is 436 g/mol. The van der Waals surface area contributed by atoms with E-state index in [0.29, 0.717) is 11.3 Å². The van der Waals surface area contributed by atoms with E-state index in [0.717, 1.165) is 22.6 Å². The first-order valence-corrected chi connectivity index (χ1v) is 9.84. The summed E-state index contributed by atoms with van der Waals surface area (Å²) in [6, 6.07) is 20.3. The fourth-order valence-corrected chi connectivity index (χ4v) is 3.65. The zero-order valence-corrected chi connectivity index (χ0v) is 17.4. The molecule has 0 saturated carbocycles. The molecule has 1 aliphatic heterocycles. The molecule has 0 aromatic heterocycles. The van der Waals surface area contributed by atoms with Crippen molar-refractivity contribution in [3.63, 3.8) is 0 Å². The van der Waals surface area contributed by atoms with Gasteiger partial charge in [0, 0.05) is 12.7 Å². The van der Waals surface area contributed by atoms with Crippen molar-refractivity contribution in [2.45, 2.75) is 13.1 Å². The summed E-state index contributed by atoms with van der Waals surface area (Å²) in [6.45, 7) is 1.89. The predicted molar refractivity (Wildman–Crippen MR) is 117 cm³/mol. The zero-order chi connectivity index (χ0) is 23.0. The number of carbonyl (C=O) groups excluding carboxylic acids is 2. The van der Waals surface area contributed by atoms with Gasteiger partial charge in [-0.1, -0.05) is 54.1 Å². The number of nitrogens with zero attached hydrogens (tertiary/aromatic N) is 2. The highest BCUT2D eigenvalue weighted by Crippen LogP contribution is 2.38. The van der Waals surface area contributed by atoms with Gasteiger partial charge in [-0.05, 0) is 42.8 Å². The number of hydrogen-bond donors (Lipinski definition) is 0. The number of benzene rings is 3. The highest BCUT2D eigenvalue weighted by atomic mass is 19.4. The highest BCUT2D eigenvalue weighted by molar-refractivity contribution is 6.46. The summed E-state index contributed by atoms with van der Waals surface area (Å²) in [6.07, 6.45) is -4.60. The molecule has 4 rings (SSSR count). The van der Waals surface area contributed by atoms with E-state index in [2.05, 4.69) is 0 Å². The van der Waals surface area contributed by atoms with Crippen molar-refractivity contribution in [1.29, 1.82) is 0 Å². The van der Waals surface area contributed by atoms with Gasteiger partial charge in [-0.25, -0.2) is 4.90 Å². The minimum Gasteiger partial charge on any atom is -0.339 e. The Labute approximate surface area is 183 Å². The third-order valence-electron chi connectivity index (χ3n) is 5.31. The fourth-order valence-electron chi connectivity index (χ4n) is 3.65. The third kappa shape index (κ3) is 3.77. The third-order valence-corrected chi connectivity index (χ3v) is 5.31. The van der Waals surface area contributed by atoms with Crippen LogP contribution in [0.2, 0.25) is 0 Å². The molecule has 32 heavy (non-hydrogen) atoms. The van der Waals surface area contributed by atoms with Gasteiger partial charge in [0.25, 0.3) is 11.8 Å². The lowest BCUT2D eigenvalue weighted by Crippen LogP contribution is -2.34. The van der Waals surface area contributed by atoms with Gasteiger partial charge in [-0.3, -0.25) is 9.59 Å². The number of likely N-dealkylation sites (N-methyl/N-ethyl adjacent to an activating group) is 1. The summed E-state index contributed by atoms with van der Waals surface area (Å²) in [5.41, 5.74) is 1.33. The van der Waals surface area contributed by atoms with E-state index in [1.807, 2.05) is 25.1 Å². The van der Waals surface area contributed by atoms with Gasteiger partial charge in [-0.2, -0.15) is 13.2 Å². The maximum atomic E-state index is 13.5. The molecule has 0 aliphatic carbocycles. The molecule has 0 fully saturated rings. The quantitative estimate of drug-likeness (QED) is 0.512. The van der Waals surface area contributed by atoms with E-state index < -0.39 is 23.6 Å². The number of hydrogen-bond acceptors (Lipinski definition) is 3. The lowest BCUT2D eigenvalue weighted by atomic mass is 10.0. The van der Waals surface area contributed by atoms with Crippen LogP contribution >= 0.6 is 0 Å². The van der Waals surface area contributed by atoms with Gasteiger partial charge in [0.15, 0.2) is 0 Å². The van der Waals surface area contributed by atoms with E-state index in [1.165, 1.54) is 12.1 Å². The Morgan fingerprint density at radius 2 is 1.47 bits per heavy atom. The minimum absolute atomic E-state index is 0.0995. The van der Waals surface area contributed by atoms with Gasteiger partial charge in [-0.15, -0.1) is 0 Å². The second-order valence-electron chi connectivity index (χ2n) is 7.48. The molecular formula is C25H19F3N2O2. The monoisotopic (exact) mass is 436 g/mol. The number of rotatable bonds is 4. The van der Waals surface area contributed by atoms with Crippen molar-refractivity contribution in [3.8, 4) is 0 Å². The Bertz CT molecular complexity index is 1220. The van der Waals surface area contributed by atoms with Gasteiger partial charge in [0.1, 0.15) is 5.70 Å². The van der Waals surface area contributed by atoms with Gasteiger partial charge in [0.05, 0.1) is 16.8 Å². The first-order valence-electron chi connectivity index (χ1n) is 9.84. The van der Waals surface area contributed by atoms with Crippen LogP contribution in [0.5, 0.6) is 0 Å². The van der Waals surface area contributed by atoms with E-state index in [9.17, 15) is 22.8 Å². The number of amides is 2. The number of aryl methyl sites for hydroxylation is 1. The van der Waals surface area contributed by atoms with Crippen molar-refractivity contribution in [2.24, 2.45) is 0 Å². The highest BCUT2D eigenvalue weighted by Gasteiger charge is 2.42. The topological polar surface area (TPSA) is 40.6 Å². The molecule has 0 bridgehead atoms. The molecule has 3 aromatic carbocycles. The van der Waals surface area contributed by atoms with Crippen LogP contribution in [0.25, 0.3) is 5.57 Å². The number of imide groups is 1. The molecule has 2 amide bonds. The van der Waals surface area contributed by atoms with Gasteiger partial charge in [0.2, 0.25) is 0 Å². The summed E-state index contributed by atoms with van der Waals surface area (Å²) >= 11 is 0. The largest absolute Gasteiger partial charge is 0.416 e. The molecule has 162 valence electrons. The van der Waals surface area contributed by atoms with E-state index in [4.69, 9.17) is 0 Å². The molecule has 7 heteroatoms. The molecule has 1 aliphatic rings. The lowest BCUT2D eigenvalue weighted by Gasteiger charge is -2.22. The number of carbonyl (C=O) groups is 2. The first kappa shape index (κ1) is 21.4. The van der Waals surface area contributed by atoms with Crippen LogP contribution in [-0.4, -0.2) is 18.9 Å². The SMILES string of the molecule is Cc1ccc(C2=C(N(C)c3ccccc3)C(=O)N(c3cccc(C(F)(F)F)c3)C2=O)cc1. The summed E-state index contributed by atoms with van der Waals surface area (Å²) in [7, 11) is 1.65. The molecule has 1 heterocycles. The molecule has 0 spiro atoms. The molecule has 0 saturated heterocycles. The van der Waals surface area contributed by atoms with Crippen LogP contribution in [0.3, 0.4) is 0 Å². The average Bonchev–Trinajstić information content (AvgIpc) is 3.04. The first-order chi connectivity index (χ1) is 15.2. The molecule has 0 radical (unpaired) electrons. The Morgan fingerprint density at radius 3 is 2.09 bits per heavy atom. The maximum Gasteiger partial charge on any atom is 0.416 e. The Morgan fingerprint density at radius 1 is 0.812 bits per heavy atom. The van der Waals surface area contributed by atoms with Crippen molar-refractivity contribution in [3.05, 3.63) is 101 Å². The fraction of sp³-hybridized carbons (Fsp3) is 0.120. The van der Waals surface area contributed by atoms with Crippen molar-refractivity contribution in [2.75, 3.05) is 16.8 Å². The van der Waals surface area contributed by atoms with Crippen molar-refractivity contribution < 1.29 is 22.8 Å². The Kier molecular flexibility index (Phi) is 5.34. The Hall–Kier alpha value is -3.87. The van der Waals surface area contributed by atoms with Crippen LogP contribution in [-0.2, 0) is 15.8 Å². The van der Waals surface area contributed by atoms with Crippen molar-refractivity contribution >= 4 is 28.8 Å². The summed E-state index contributed by atoms with van der Waals surface area (Å²) in [4.78, 5) is 29.3. The minimum atomic E-state index is -4.60. The van der Waals surface area contributed by atoms with Gasteiger partial charge >= 0.3 is 6.18 Å². The molecule has 3 aromatic rings.